The van der Waals surface area contributed by atoms with E-state index in [2.05, 4.69) is 4.90 Å². The molecule has 0 bridgehead atoms. The van der Waals surface area contributed by atoms with Crippen molar-refractivity contribution >= 4 is 35.0 Å². The fourth-order valence-electron chi connectivity index (χ4n) is 2.66. The normalized spacial score (nSPS) is 14.7. The van der Waals surface area contributed by atoms with E-state index >= 15 is 0 Å². The highest BCUT2D eigenvalue weighted by Crippen LogP contribution is 2.26. The molecule has 0 saturated carbocycles. The number of hydrogen-bond donors (Lipinski definition) is 0. The SMILES string of the molecule is O=C(CSc1cccc[n+]1[O-])N1CCN(c2ccccc2Cl)CC1. The van der Waals surface area contributed by atoms with Gasteiger partial charge in [-0.2, -0.15) is 4.73 Å². The van der Waals surface area contributed by atoms with E-state index in [-0.39, 0.29) is 11.7 Å². The maximum absolute atomic E-state index is 12.3. The zero-order valence-electron chi connectivity index (χ0n) is 13.1. The van der Waals surface area contributed by atoms with Gasteiger partial charge in [0.25, 0.3) is 5.03 Å². The molecule has 0 N–H and O–H groups in total. The number of anilines is 1. The molecule has 126 valence electrons. The highest BCUT2D eigenvalue weighted by atomic mass is 35.5. The van der Waals surface area contributed by atoms with Gasteiger partial charge >= 0.3 is 0 Å². The van der Waals surface area contributed by atoms with Gasteiger partial charge in [0.1, 0.15) is 0 Å². The highest BCUT2D eigenvalue weighted by molar-refractivity contribution is 7.99. The number of carbonyl (C=O) groups excluding carboxylic acids is 1. The van der Waals surface area contributed by atoms with Crippen molar-refractivity contribution in [3.63, 3.8) is 0 Å². The monoisotopic (exact) mass is 363 g/mol. The predicted octanol–water partition coefficient (Wildman–Crippen LogP) is 2.41. The molecular formula is C17H18ClN3O2S. The maximum atomic E-state index is 12.3. The predicted molar refractivity (Wildman–Crippen MR) is 96.4 cm³/mol. The van der Waals surface area contributed by atoms with Crippen LogP contribution in [0.1, 0.15) is 0 Å². The minimum atomic E-state index is 0.0580. The minimum Gasteiger partial charge on any atom is -0.618 e. The molecule has 1 aliphatic heterocycles. The first-order chi connectivity index (χ1) is 11.6. The lowest BCUT2D eigenvalue weighted by molar-refractivity contribution is -0.645. The van der Waals surface area contributed by atoms with Crippen LogP contribution in [-0.2, 0) is 4.79 Å². The van der Waals surface area contributed by atoms with Crippen molar-refractivity contribution < 1.29 is 9.52 Å². The molecule has 24 heavy (non-hydrogen) atoms. The average Bonchev–Trinajstić information content (AvgIpc) is 2.61. The van der Waals surface area contributed by atoms with E-state index in [4.69, 9.17) is 11.6 Å². The van der Waals surface area contributed by atoms with E-state index in [0.717, 1.165) is 28.5 Å². The van der Waals surface area contributed by atoms with Gasteiger partial charge in [-0.1, -0.05) is 23.7 Å². The fourth-order valence-corrected chi connectivity index (χ4v) is 3.73. The van der Waals surface area contributed by atoms with Crippen LogP contribution in [0.3, 0.4) is 0 Å². The molecule has 0 spiro atoms. The molecule has 1 saturated heterocycles. The van der Waals surface area contributed by atoms with Gasteiger partial charge in [-0.25, -0.2) is 0 Å². The number of para-hydroxylation sites is 1. The number of thioether (sulfide) groups is 1. The zero-order valence-corrected chi connectivity index (χ0v) is 14.7. The summed E-state index contributed by atoms with van der Waals surface area (Å²) in [5, 5.41) is 12.9. The van der Waals surface area contributed by atoms with E-state index < -0.39 is 0 Å². The second kappa shape index (κ2) is 7.77. The Hall–Kier alpha value is -1.92. The standard InChI is InChI=1S/C17H18ClN3O2S/c18-14-5-1-2-6-15(14)19-9-11-20(12-10-19)16(22)13-24-17-7-3-4-8-21(17)23/h1-8H,9-13H2. The van der Waals surface area contributed by atoms with Crippen LogP contribution >= 0.6 is 23.4 Å². The lowest BCUT2D eigenvalue weighted by atomic mass is 10.2. The number of rotatable bonds is 4. The minimum absolute atomic E-state index is 0.0580. The van der Waals surface area contributed by atoms with E-state index in [0.29, 0.717) is 18.1 Å². The Balaban J connectivity index is 1.52. The van der Waals surface area contributed by atoms with Crippen LogP contribution in [0.4, 0.5) is 5.69 Å². The second-order valence-corrected chi connectivity index (χ2v) is 6.88. The quantitative estimate of drug-likeness (QED) is 0.475. The van der Waals surface area contributed by atoms with Crippen molar-refractivity contribution in [1.29, 1.82) is 0 Å². The molecule has 1 aromatic heterocycles. The van der Waals surface area contributed by atoms with Crippen molar-refractivity contribution in [2.45, 2.75) is 5.03 Å². The summed E-state index contributed by atoms with van der Waals surface area (Å²) in [7, 11) is 0. The topological polar surface area (TPSA) is 50.5 Å². The molecule has 1 amide bonds. The van der Waals surface area contributed by atoms with Crippen molar-refractivity contribution in [2.75, 3.05) is 36.8 Å². The van der Waals surface area contributed by atoms with Crippen LogP contribution in [0, 0.1) is 5.21 Å². The molecule has 1 fully saturated rings. The summed E-state index contributed by atoms with van der Waals surface area (Å²) in [5.74, 6) is 0.334. The van der Waals surface area contributed by atoms with Crippen LogP contribution in [0.25, 0.3) is 0 Å². The summed E-state index contributed by atoms with van der Waals surface area (Å²) in [5.41, 5.74) is 1.01. The smallest absolute Gasteiger partial charge is 0.251 e. The number of piperazine rings is 1. The van der Waals surface area contributed by atoms with Crippen molar-refractivity contribution in [3.8, 4) is 0 Å². The Morgan fingerprint density at radius 2 is 1.83 bits per heavy atom. The summed E-state index contributed by atoms with van der Waals surface area (Å²) in [6, 6.07) is 12.9. The average molecular weight is 364 g/mol. The third kappa shape index (κ3) is 3.94. The van der Waals surface area contributed by atoms with Crippen LogP contribution in [0.15, 0.2) is 53.7 Å². The first-order valence-electron chi connectivity index (χ1n) is 7.73. The highest BCUT2D eigenvalue weighted by Gasteiger charge is 2.23. The van der Waals surface area contributed by atoms with E-state index in [1.165, 1.54) is 18.0 Å². The molecule has 0 radical (unpaired) electrons. The Morgan fingerprint density at radius 1 is 1.12 bits per heavy atom. The summed E-state index contributed by atoms with van der Waals surface area (Å²) in [6.07, 6.45) is 1.44. The van der Waals surface area contributed by atoms with Crippen LogP contribution < -0.4 is 9.63 Å². The zero-order chi connectivity index (χ0) is 16.9. The third-order valence-electron chi connectivity index (χ3n) is 3.96. The number of nitrogens with zero attached hydrogens (tertiary/aromatic N) is 3. The van der Waals surface area contributed by atoms with E-state index in [1.807, 2.05) is 29.2 Å². The van der Waals surface area contributed by atoms with E-state index in [9.17, 15) is 10.0 Å². The molecular weight excluding hydrogens is 346 g/mol. The molecule has 1 aliphatic rings. The van der Waals surface area contributed by atoms with Gasteiger partial charge < -0.3 is 15.0 Å². The van der Waals surface area contributed by atoms with Gasteiger partial charge in [0.05, 0.1) is 16.5 Å². The Bertz CT molecular complexity index is 720. The Labute approximate surface area is 150 Å². The van der Waals surface area contributed by atoms with Crippen LogP contribution in [0.2, 0.25) is 5.02 Å². The Morgan fingerprint density at radius 3 is 2.54 bits per heavy atom. The fraction of sp³-hybridized carbons (Fsp3) is 0.294. The number of amides is 1. The molecule has 2 aromatic rings. The van der Waals surface area contributed by atoms with Gasteiger partial charge in [-0.15, -0.1) is 0 Å². The summed E-state index contributed by atoms with van der Waals surface area (Å²) in [6.45, 7) is 2.84. The van der Waals surface area contributed by atoms with Crippen LogP contribution in [0.5, 0.6) is 0 Å². The number of pyridine rings is 1. The second-order valence-electron chi connectivity index (χ2n) is 5.47. The summed E-state index contributed by atoms with van der Waals surface area (Å²) in [4.78, 5) is 16.4. The van der Waals surface area contributed by atoms with Crippen LogP contribution in [-0.4, -0.2) is 42.7 Å². The van der Waals surface area contributed by atoms with Crippen molar-refractivity contribution in [2.24, 2.45) is 0 Å². The lowest BCUT2D eigenvalue weighted by Crippen LogP contribution is -2.49. The number of hydrogen-bond acceptors (Lipinski definition) is 4. The molecule has 0 aliphatic carbocycles. The number of benzene rings is 1. The molecule has 0 unspecified atom stereocenters. The van der Waals surface area contributed by atoms with Gasteiger partial charge in [0, 0.05) is 38.3 Å². The molecule has 7 heteroatoms. The molecule has 5 nitrogen and oxygen atoms in total. The van der Waals surface area contributed by atoms with Gasteiger partial charge in [0.2, 0.25) is 5.91 Å². The molecule has 1 aromatic carbocycles. The van der Waals surface area contributed by atoms with Crippen molar-refractivity contribution in [1.82, 2.24) is 4.90 Å². The number of halogens is 1. The molecule has 3 rings (SSSR count). The Kier molecular flexibility index (Phi) is 5.48. The van der Waals surface area contributed by atoms with Gasteiger partial charge in [-0.3, -0.25) is 4.79 Å². The molecule has 2 heterocycles. The van der Waals surface area contributed by atoms with Crippen molar-refractivity contribution in [3.05, 3.63) is 58.9 Å². The van der Waals surface area contributed by atoms with Gasteiger partial charge in [-0.05, 0) is 30.0 Å². The maximum Gasteiger partial charge on any atom is 0.251 e. The summed E-state index contributed by atoms with van der Waals surface area (Å²) < 4.78 is 0.785. The summed E-state index contributed by atoms with van der Waals surface area (Å²) >= 11 is 7.50. The lowest BCUT2D eigenvalue weighted by Gasteiger charge is -2.36. The number of carbonyl (C=O) groups is 1. The largest absolute Gasteiger partial charge is 0.618 e. The first kappa shape index (κ1) is 16.9. The van der Waals surface area contributed by atoms with E-state index in [1.54, 1.807) is 18.2 Å². The number of aromatic nitrogens is 1. The van der Waals surface area contributed by atoms with Gasteiger partial charge in [0.15, 0.2) is 6.20 Å². The molecule has 0 atom stereocenters. The first-order valence-corrected chi connectivity index (χ1v) is 9.10. The third-order valence-corrected chi connectivity index (χ3v) is 5.28.